The van der Waals surface area contributed by atoms with Crippen LogP contribution in [0.1, 0.15) is 11.1 Å². The number of hydrogen-bond acceptors (Lipinski definition) is 4. The molecule has 0 atom stereocenters. The Morgan fingerprint density at radius 2 is 1.55 bits per heavy atom. The van der Waals surface area contributed by atoms with Crippen molar-refractivity contribution in [2.75, 3.05) is 23.9 Å². The number of nitro benzene ring substituents is 1. The van der Waals surface area contributed by atoms with Gasteiger partial charge in [0.25, 0.3) is 11.6 Å². The van der Waals surface area contributed by atoms with Gasteiger partial charge in [-0.1, -0.05) is 30.3 Å². The third-order valence-corrected chi connectivity index (χ3v) is 5.10. The Morgan fingerprint density at radius 1 is 0.903 bits per heavy atom. The number of carbonyl (C=O) groups excluding carboxylic acids is 1. The van der Waals surface area contributed by atoms with Crippen LogP contribution in [0.25, 0.3) is 11.8 Å². The predicted octanol–water partition coefficient (Wildman–Crippen LogP) is 5.13. The minimum atomic E-state index is -0.440. The van der Waals surface area contributed by atoms with Crippen LogP contribution in [0.15, 0.2) is 90.5 Å². The largest absolute Gasteiger partial charge is 0.378 e. The third-order valence-electron chi connectivity index (χ3n) is 5.10. The van der Waals surface area contributed by atoms with Gasteiger partial charge in [-0.25, -0.2) is 0 Å². The van der Waals surface area contributed by atoms with E-state index in [0.29, 0.717) is 5.57 Å². The smallest absolute Gasteiger partial charge is 0.269 e. The molecule has 4 rings (SSSR count). The van der Waals surface area contributed by atoms with E-state index in [9.17, 15) is 14.9 Å². The van der Waals surface area contributed by atoms with Crippen molar-refractivity contribution in [1.82, 2.24) is 0 Å². The van der Waals surface area contributed by atoms with Gasteiger partial charge < -0.3 is 4.90 Å². The number of non-ortho nitro benzene ring substituents is 1. The average molecular weight is 411 g/mol. The minimum absolute atomic E-state index is 0.0167. The van der Waals surface area contributed by atoms with Crippen molar-refractivity contribution in [3.8, 4) is 0 Å². The van der Waals surface area contributed by atoms with Crippen LogP contribution in [-0.2, 0) is 4.79 Å². The van der Waals surface area contributed by atoms with E-state index in [1.807, 2.05) is 79.7 Å². The number of carbonyl (C=O) groups is 1. The molecule has 0 N–H and O–H groups in total. The molecule has 1 amide bonds. The van der Waals surface area contributed by atoms with Gasteiger partial charge in [-0.05, 0) is 59.7 Å². The molecular formula is C25H21N3O3. The number of amides is 1. The first-order valence-corrected chi connectivity index (χ1v) is 9.79. The molecule has 1 heterocycles. The van der Waals surface area contributed by atoms with Gasteiger partial charge in [-0.2, -0.15) is 0 Å². The molecular weight excluding hydrogens is 390 g/mol. The lowest BCUT2D eigenvalue weighted by Crippen LogP contribution is -2.25. The monoisotopic (exact) mass is 411 g/mol. The SMILES string of the molecule is CN(C)c1ccc(N2C(=O)C(=Cc3ccc([N+](=O)[O-])cc3)C=C2c2ccccc2)cc1. The highest BCUT2D eigenvalue weighted by atomic mass is 16.6. The van der Waals surface area contributed by atoms with Crippen molar-refractivity contribution in [3.05, 3.63) is 112 Å². The van der Waals surface area contributed by atoms with Gasteiger partial charge in [-0.3, -0.25) is 19.8 Å². The highest BCUT2D eigenvalue weighted by molar-refractivity contribution is 6.23. The van der Waals surface area contributed by atoms with Gasteiger partial charge in [0.15, 0.2) is 0 Å². The molecule has 0 unspecified atom stereocenters. The fraction of sp³-hybridized carbons (Fsp3) is 0.0800. The van der Waals surface area contributed by atoms with E-state index in [-0.39, 0.29) is 11.6 Å². The first-order valence-electron chi connectivity index (χ1n) is 9.79. The number of nitrogens with zero attached hydrogens (tertiary/aromatic N) is 3. The fourth-order valence-electron chi connectivity index (χ4n) is 3.46. The topological polar surface area (TPSA) is 66.7 Å². The van der Waals surface area contributed by atoms with Crippen molar-refractivity contribution in [2.24, 2.45) is 0 Å². The molecule has 0 aromatic heterocycles. The highest BCUT2D eigenvalue weighted by Crippen LogP contribution is 2.36. The summed E-state index contributed by atoms with van der Waals surface area (Å²) in [5.74, 6) is -0.144. The highest BCUT2D eigenvalue weighted by Gasteiger charge is 2.30. The first-order chi connectivity index (χ1) is 14.9. The van der Waals surface area contributed by atoms with Crippen LogP contribution < -0.4 is 9.80 Å². The maximum absolute atomic E-state index is 13.4. The molecule has 0 bridgehead atoms. The summed E-state index contributed by atoms with van der Waals surface area (Å²) in [6.45, 7) is 0. The molecule has 0 radical (unpaired) electrons. The van der Waals surface area contributed by atoms with Gasteiger partial charge in [0.05, 0.1) is 10.6 Å². The summed E-state index contributed by atoms with van der Waals surface area (Å²) in [6, 6.07) is 23.7. The maximum atomic E-state index is 13.4. The van der Waals surface area contributed by atoms with E-state index in [4.69, 9.17) is 0 Å². The van der Waals surface area contributed by atoms with Crippen molar-refractivity contribution in [3.63, 3.8) is 0 Å². The standard InChI is InChI=1S/C25H21N3O3/c1-26(2)21-12-14-22(15-13-21)27-24(19-6-4-3-5-7-19)17-20(25(27)29)16-18-8-10-23(11-9-18)28(30)31/h3-17H,1-2H3. The number of nitro groups is 1. The molecule has 1 aliphatic heterocycles. The molecule has 3 aromatic carbocycles. The number of rotatable bonds is 5. The Labute approximate surface area is 180 Å². The van der Waals surface area contributed by atoms with Crippen LogP contribution in [0.5, 0.6) is 0 Å². The summed E-state index contributed by atoms with van der Waals surface area (Å²) in [7, 11) is 3.94. The maximum Gasteiger partial charge on any atom is 0.269 e. The lowest BCUT2D eigenvalue weighted by atomic mass is 10.1. The second kappa shape index (κ2) is 8.28. The molecule has 0 fully saturated rings. The lowest BCUT2D eigenvalue weighted by molar-refractivity contribution is -0.384. The van der Waals surface area contributed by atoms with Crippen LogP contribution in [0.3, 0.4) is 0 Å². The molecule has 0 aliphatic carbocycles. The van der Waals surface area contributed by atoms with E-state index < -0.39 is 4.92 Å². The van der Waals surface area contributed by atoms with E-state index in [0.717, 1.165) is 28.2 Å². The Bertz CT molecular complexity index is 1180. The molecule has 0 saturated heterocycles. The van der Waals surface area contributed by atoms with Crippen molar-refractivity contribution >= 4 is 34.7 Å². The zero-order valence-corrected chi connectivity index (χ0v) is 17.2. The molecule has 6 nitrogen and oxygen atoms in total. The van der Waals surface area contributed by atoms with Gasteiger partial charge in [0, 0.05) is 43.2 Å². The van der Waals surface area contributed by atoms with Crippen LogP contribution >= 0.6 is 0 Å². The van der Waals surface area contributed by atoms with E-state index in [1.165, 1.54) is 12.1 Å². The van der Waals surface area contributed by atoms with E-state index in [2.05, 4.69) is 0 Å². The predicted molar refractivity (Wildman–Crippen MR) is 124 cm³/mol. The Morgan fingerprint density at radius 3 is 2.13 bits per heavy atom. The van der Waals surface area contributed by atoms with Crippen LogP contribution in [0.4, 0.5) is 17.1 Å². The quantitative estimate of drug-likeness (QED) is 0.332. The number of hydrogen-bond donors (Lipinski definition) is 0. The second-order valence-electron chi connectivity index (χ2n) is 7.40. The number of anilines is 2. The van der Waals surface area contributed by atoms with Gasteiger partial charge in [0.2, 0.25) is 0 Å². The lowest BCUT2D eigenvalue weighted by Gasteiger charge is -2.22. The summed E-state index contributed by atoms with van der Waals surface area (Å²) < 4.78 is 0. The summed E-state index contributed by atoms with van der Waals surface area (Å²) in [6.07, 6.45) is 3.61. The molecule has 31 heavy (non-hydrogen) atoms. The second-order valence-corrected chi connectivity index (χ2v) is 7.40. The van der Waals surface area contributed by atoms with Crippen molar-refractivity contribution < 1.29 is 9.72 Å². The third kappa shape index (κ3) is 4.09. The van der Waals surface area contributed by atoms with E-state index in [1.54, 1.807) is 23.1 Å². The van der Waals surface area contributed by atoms with Gasteiger partial charge >= 0.3 is 0 Å². The molecule has 0 spiro atoms. The molecule has 6 heteroatoms. The summed E-state index contributed by atoms with van der Waals surface area (Å²) in [5, 5.41) is 10.9. The number of benzene rings is 3. The van der Waals surface area contributed by atoms with Crippen LogP contribution in [0.2, 0.25) is 0 Å². The Balaban J connectivity index is 1.75. The Hall–Kier alpha value is -4.19. The van der Waals surface area contributed by atoms with Crippen molar-refractivity contribution in [1.29, 1.82) is 0 Å². The van der Waals surface area contributed by atoms with Crippen LogP contribution in [0, 0.1) is 10.1 Å². The average Bonchev–Trinajstić information content (AvgIpc) is 3.10. The van der Waals surface area contributed by atoms with Gasteiger partial charge in [0.1, 0.15) is 0 Å². The molecule has 154 valence electrons. The zero-order chi connectivity index (χ0) is 22.0. The summed E-state index contributed by atoms with van der Waals surface area (Å²) in [5.41, 5.74) is 4.80. The fourth-order valence-corrected chi connectivity index (χ4v) is 3.46. The Kier molecular flexibility index (Phi) is 5.37. The molecule has 0 saturated carbocycles. The van der Waals surface area contributed by atoms with Gasteiger partial charge in [-0.15, -0.1) is 0 Å². The summed E-state index contributed by atoms with van der Waals surface area (Å²) in [4.78, 5) is 27.5. The molecule has 3 aromatic rings. The zero-order valence-electron chi connectivity index (χ0n) is 17.2. The minimum Gasteiger partial charge on any atom is -0.378 e. The van der Waals surface area contributed by atoms with Crippen LogP contribution in [-0.4, -0.2) is 24.9 Å². The van der Waals surface area contributed by atoms with Crippen molar-refractivity contribution in [2.45, 2.75) is 0 Å². The normalized spacial score (nSPS) is 14.6. The summed E-state index contributed by atoms with van der Waals surface area (Å²) >= 11 is 0. The first kappa shape index (κ1) is 20.1. The van der Waals surface area contributed by atoms with E-state index >= 15 is 0 Å². The molecule has 1 aliphatic rings.